The molecule has 3 rings (SSSR count). The molecule has 0 bridgehead atoms. The lowest BCUT2D eigenvalue weighted by molar-refractivity contribution is -0.123. The van der Waals surface area contributed by atoms with E-state index in [4.69, 9.17) is 14.2 Å². The molecule has 0 saturated carbocycles. The van der Waals surface area contributed by atoms with E-state index in [2.05, 4.69) is 5.32 Å². The number of amides is 1. The van der Waals surface area contributed by atoms with Crippen LogP contribution < -0.4 is 14.8 Å². The molecule has 1 aliphatic heterocycles. The minimum absolute atomic E-state index is 0.121. The van der Waals surface area contributed by atoms with E-state index in [1.165, 1.54) is 31.2 Å². The van der Waals surface area contributed by atoms with E-state index in [1.54, 1.807) is 18.2 Å². The Kier molecular flexibility index (Phi) is 5.55. The van der Waals surface area contributed by atoms with Crippen LogP contribution in [0.1, 0.15) is 17.3 Å². The van der Waals surface area contributed by atoms with Crippen molar-refractivity contribution < 1.29 is 32.2 Å². The quantitative estimate of drug-likeness (QED) is 0.759. The highest BCUT2D eigenvalue weighted by atomic mass is 32.2. The number of nitrogens with one attached hydrogen (secondary N) is 1. The Morgan fingerprint density at radius 3 is 2.46 bits per heavy atom. The Morgan fingerprint density at radius 2 is 1.75 bits per heavy atom. The topological polar surface area (TPSA) is 108 Å². The third-order valence-corrected chi connectivity index (χ3v) is 5.12. The number of carbonyl (C=O) groups excluding carboxylic acids is 2. The van der Waals surface area contributed by atoms with Gasteiger partial charge in [0.2, 0.25) is 0 Å². The molecule has 1 N–H and O–H groups in total. The van der Waals surface area contributed by atoms with Crippen LogP contribution in [0.5, 0.6) is 11.5 Å². The first-order valence-electron chi connectivity index (χ1n) is 8.46. The summed E-state index contributed by atoms with van der Waals surface area (Å²) in [5.74, 6) is -0.371. The highest BCUT2D eigenvalue weighted by Crippen LogP contribution is 2.32. The fourth-order valence-corrected chi connectivity index (χ4v) is 3.48. The zero-order valence-electron chi connectivity index (χ0n) is 15.3. The summed E-state index contributed by atoms with van der Waals surface area (Å²) in [6, 6.07) is 10.6. The summed E-state index contributed by atoms with van der Waals surface area (Å²) in [4.78, 5) is 24.6. The summed E-state index contributed by atoms with van der Waals surface area (Å²) < 4.78 is 39.7. The Bertz CT molecular complexity index is 1020. The zero-order chi connectivity index (χ0) is 20.3. The summed E-state index contributed by atoms with van der Waals surface area (Å²) in [5.41, 5.74) is 0.331. The predicted octanol–water partition coefficient (Wildman–Crippen LogP) is 2.05. The maximum absolute atomic E-state index is 12.4. The highest BCUT2D eigenvalue weighted by molar-refractivity contribution is 7.90. The molecular weight excluding hydrogens is 386 g/mol. The van der Waals surface area contributed by atoms with Crippen LogP contribution in [0.2, 0.25) is 0 Å². The Labute approximate surface area is 162 Å². The molecule has 0 aromatic heterocycles. The van der Waals surface area contributed by atoms with Gasteiger partial charge >= 0.3 is 5.97 Å². The van der Waals surface area contributed by atoms with Crippen LogP contribution in [0.3, 0.4) is 0 Å². The standard InChI is InChI=1S/C19H19NO7S/c1-12(27-19(22)14-5-3-4-6-17(14)28(2,23)24)18(21)20-13-7-8-15-16(11-13)26-10-9-25-15/h3-8,11-12H,9-10H2,1-2H3,(H,20,21)/t12-/m1/s1. The Hall–Kier alpha value is -3.07. The van der Waals surface area contributed by atoms with E-state index < -0.39 is 27.8 Å². The summed E-state index contributed by atoms with van der Waals surface area (Å²) >= 11 is 0. The lowest BCUT2D eigenvalue weighted by Crippen LogP contribution is -2.30. The number of rotatable bonds is 5. The molecule has 8 nitrogen and oxygen atoms in total. The molecule has 1 amide bonds. The minimum atomic E-state index is -3.62. The molecule has 0 aliphatic carbocycles. The summed E-state index contributed by atoms with van der Waals surface area (Å²) in [6.07, 6.45) is -0.148. The first-order valence-corrected chi connectivity index (χ1v) is 10.4. The molecule has 2 aromatic rings. The van der Waals surface area contributed by atoms with E-state index >= 15 is 0 Å². The molecule has 0 saturated heterocycles. The van der Waals surface area contributed by atoms with Crippen LogP contribution in [-0.2, 0) is 19.4 Å². The van der Waals surface area contributed by atoms with Crippen molar-refractivity contribution in [1.82, 2.24) is 0 Å². The van der Waals surface area contributed by atoms with Gasteiger partial charge in [-0.05, 0) is 31.2 Å². The van der Waals surface area contributed by atoms with Gasteiger partial charge in [-0.25, -0.2) is 13.2 Å². The van der Waals surface area contributed by atoms with Crippen molar-refractivity contribution in [3.63, 3.8) is 0 Å². The molecular formula is C19H19NO7S. The van der Waals surface area contributed by atoms with Gasteiger partial charge in [0.25, 0.3) is 5.91 Å². The molecule has 0 radical (unpaired) electrons. The summed E-state index contributed by atoms with van der Waals surface area (Å²) in [5, 5.41) is 2.62. The summed E-state index contributed by atoms with van der Waals surface area (Å²) in [6.45, 7) is 2.27. The van der Waals surface area contributed by atoms with Crippen LogP contribution in [0.4, 0.5) is 5.69 Å². The molecule has 0 fully saturated rings. The zero-order valence-corrected chi connectivity index (χ0v) is 16.1. The molecule has 148 valence electrons. The van der Waals surface area contributed by atoms with Crippen LogP contribution in [0.25, 0.3) is 0 Å². The number of carbonyl (C=O) groups is 2. The van der Waals surface area contributed by atoms with Gasteiger partial charge in [-0.1, -0.05) is 12.1 Å². The normalized spacial score (nSPS) is 14.1. The fourth-order valence-electron chi connectivity index (χ4n) is 2.60. The Balaban J connectivity index is 1.69. The maximum Gasteiger partial charge on any atom is 0.340 e. The lowest BCUT2D eigenvalue weighted by atomic mass is 10.2. The van der Waals surface area contributed by atoms with E-state index in [9.17, 15) is 18.0 Å². The lowest BCUT2D eigenvalue weighted by Gasteiger charge is -2.19. The predicted molar refractivity (Wildman–Crippen MR) is 100 cm³/mol. The van der Waals surface area contributed by atoms with Crippen LogP contribution in [-0.4, -0.2) is 45.9 Å². The second-order valence-electron chi connectivity index (χ2n) is 6.16. The van der Waals surface area contributed by atoms with Gasteiger partial charge in [-0.15, -0.1) is 0 Å². The van der Waals surface area contributed by atoms with Gasteiger partial charge in [0, 0.05) is 18.0 Å². The van der Waals surface area contributed by atoms with Gasteiger partial charge in [0.15, 0.2) is 27.4 Å². The van der Waals surface area contributed by atoms with Gasteiger partial charge < -0.3 is 19.5 Å². The molecule has 1 atom stereocenters. The number of sulfone groups is 1. The number of esters is 1. The average molecular weight is 405 g/mol. The third-order valence-electron chi connectivity index (χ3n) is 3.97. The SMILES string of the molecule is C[C@@H](OC(=O)c1ccccc1S(C)(=O)=O)C(=O)Nc1ccc2c(c1)OCCO2. The second-order valence-corrected chi connectivity index (χ2v) is 8.15. The van der Waals surface area contributed by atoms with Crippen molar-refractivity contribution in [2.75, 3.05) is 24.8 Å². The first-order chi connectivity index (χ1) is 13.3. The average Bonchev–Trinajstić information content (AvgIpc) is 2.67. The van der Waals surface area contributed by atoms with E-state index in [0.29, 0.717) is 30.4 Å². The van der Waals surface area contributed by atoms with Gasteiger partial charge in [-0.2, -0.15) is 0 Å². The van der Waals surface area contributed by atoms with Crippen LogP contribution in [0.15, 0.2) is 47.4 Å². The molecule has 9 heteroatoms. The molecule has 0 spiro atoms. The second kappa shape index (κ2) is 7.89. The first kappa shape index (κ1) is 19.7. The van der Waals surface area contributed by atoms with E-state index in [0.717, 1.165) is 6.26 Å². The smallest absolute Gasteiger partial charge is 0.340 e. The van der Waals surface area contributed by atoms with E-state index in [1.807, 2.05) is 0 Å². The van der Waals surface area contributed by atoms with E-state index in [-0.39, 0.29) is 10.5 Å². The van der Waals surface area contributed by atoms with Crippen LogP contribution in [0, 0.1) is 0 Å². The monoisotopic (exact) mass is 405 g/mol. The van der Waals surface area contributed by atoms with Gasteiger partial charge in [0.05, 0.1) is 10.5 Å². The van der Waals surface area contributed by atoms with Gasteiger partial charge in [0.1, 0.15) is 13.2 Å². The molecule has 2 aromatic carbocycles. The van der Waals surface area contributed by atoms with Gasteiger partial charge in [-0.3, -0.25) is 4.79 Å². The van der Waals surface area contributed by atoms with Crippen LogP contribution >= 0.6 is 0 Å². The third kappa shape index (κ3) is 4.42. The van der Waals surface area contributed by atoms with Crippen molar-refractivity contribution in [2.45, 2.75) is 17.9 Å². The van der Waals surface area contributed by atoms with Crippen molar-refractivity contribution in [2.24, 2.45) is 0 Å². The van der Waals surface area contributed by atoms with Crippen molar-refractivity contribution in [3.05, 3.63) is 48.0 Å². The number of hydrogen-bond acceptors (Lipinski definition) is 7. The number of benzene rings is 2. The highest BCUT2D eigenvalue weighted by Gasteiger charge is 2.24. The van der Waals surface area contributed by atoms with Crippen molar-refractivity contribution >= 4 is 27.4 Å². The fraction of sp³-hybridized carbons (Fsp3) is 0.263. The number of hydrogen-bond donors (Lipinski definition) is 1. The summed E-state index contributed by atoms with van der Waals surface area (Å²) in [7, 11) is -3.62. The Morgan fingerprint density at radius 1 is 1.07 bits per heavy atom. The van der Waals surface area contributed by atoms with Crippen molar-refractivity contribution in [1.29, 1.82) is 0 Å². The minimum Gasteiger partial charge on any atom is -0.486 e. The largest absolute Gasteiger partial charge is 0.486 e. The number of ether oxygens (including phenoxy) is 3. The molecule has 0 unspecified atom stereocenters. The van der Waals surface area contributed by atoms with Crippen molar-refractivity contribution in [3.8, 4) is 11.5 Å². The molecule has 1 aliphatic rings. The molecule has 1 heterocycles. The number of anilines is 1. The number of fused-ring (bicyclic) bond motifs is 1. The maximum atomic E-state index is 12.4. The molecule has 28 heavy (non-hydrogen) atoms.